The standard InChI is InChI=1S/C7H8OS2.K/c1-6-2-4-7(5-3-6)10(8)9;/h2-5H,1H3,(H,8,9);/q;+1/p-1. The molecule has 1 unspecified atom stereocenters. The second-order valence-electron chi connectivity index (χ2n) is 2.05. The van der Waals surface area contributed by atoms with E-state index in [-0.39, 0.29) is 51.4 Å². The van der Waals surface area contributed by atoms with E-state index >= 15 is 0 Å². The Morgan fingerprint density at radius 3 is 2.09 bits per heavy atom. The molecule has 0 radical (unpaired) electrons. The fourth-order valence-corrected chi connectivity index (χ4v) is 1.34. The molecule has 1 aromatic rings. The smallest absolute Gasteiger partial charge is 0.791 e. The van der Waals surface area contributed by atoms with Crippen LogP contribution in [0, 0.1) is 6.92 Å². The molecule has 0 bridgehead atoms. The first-order valence-corrected chi connectivity index (χ1v) is 4.93. The van der Waals surface area contributed by atoms with Crippen LogP contribution in [0.1, 0.15) is 5.56 Å². The predicted octanol–water partition coefficient (Wildman–Crippen LogP) is -1.43. The normalized spacial score (nSPS) is 11.8. The van der Waals surface area contributed by atoms with Crippen molar-refractivity contribution >= 4 is 20.9 Å². The van der Waals surface area contributed by atoms with Gasteiger partial charge in [0.25, 0.3) is 0 Å². The van der Waals surface area contributed by atoms with E-state index in [0.717, 1.165) is 5.56 Å². The summed E-state index contributed by atoms with van der Waals surface area (Å²) in [7, 11) is -1.25. The number of rotatable bonds is 1. The minimum atomic E-state index is -1.25. The molecule has 0 aliphatic rings. The third-order valence-corrected chi connectivity index (χ3v) is 2.45. The quantitative estimate of drug-likeness (QED) is 0.531. The zero-order valence-corrected chi connectivity index (χ0v) is 11.3. The summed E-state index contributed by atoms with van der Waals surface area (Å²) in [4.78, 5) is 0.709. The first-order chi connectivity index (χ1) is 4.70. The van der Waals surface area contributed by atoms with Gasteiger partial charge in [0.05, 0.1) is 0 Å². The van der Waals surface area contributed by atoms with E-state index in [1.807, 2.05) is 19.1 Å². The van der Waals surface area contributed by atoms with Gasteiger partial charge in [-0.05, 0) is 24.0 Å². The van der Waals surface area contributed by atoms with Crippen molar-refractivity contribution in [2.24, 2.45) is 0 Å². The summed E-state index contributed by atoms with van der Waals surface area (Å²) < 4.78 is 10.7. The van der Waals surface area contributed by atoms with Crippen LogP contribution in [0.15, 0.2) is 29.2 Å². The summed E-state index contributed by atoms with van der Waals surface area (Å²) in [5, 5.41) is 0. The van der Waals surface area contributed by atoms with Crippen LogP contribution >= 0.6 is 0 Å². The van der Waals surface area contributed by atoms with Gasteiger partial charge in [-0.15, -0.1) is 0 Å². The first kappa shape index (κ1) is 12.4. The van der Waals surface area contributed by atoms with Crippen LogP contribution in [0.3, 0.4) is 0 Å². The van der Waals surface area contributed by atoms with E-state index in [1.165, 1.54) is 0 Å². The Hall–Kier alpha value is 1.39. The molecule has 0 aliphatic heterocycles. The second-order valence-corrected chi connectivity index (χ2v) is 3.90. The van der Waals surface area contributed by atoms with Crippen molar-refractivity contribution in [2.45, 2.75) is 11.8 Å². The summed E-state index contributed by atoms with van der Waals surface area (Å²) in [6.07, 6.45) is 0. The number of aryl methyl sites for hydroxylation is 1. The molecule has 0 aromatic heterocycles. The summed E-state index contributed by atoms with van der Waals surface area (Å²) >= 11 is 4.56. The topological polar surface area (TPSA) is 23.1 Å². The Morgan fingerprint density at radius 1 is 1.27 bits per heavy atom. The van der Waals surface area contributed by atoms with Gasteiger partial charge in [0.15, 0.2) is 0 Å². The first-order valence-electron chi connectivity index (χ1n) is 2.86. The van der Waals surface area contributed by atoms with Crippen molar-refractivity contribution in [3.8, 4) is 0 Å². The Kier molecular flexibility index (Phi) is 6.68. The fraction of sp³-hybridized carbons (Fsp3) is 0.143. The monoisotopic (exact) mass is 210 g/mol. The van der Waals surface area contributed by atoms with Crippen molar-refractivity contribution in [2.75, 3.05) is 0 Å². The Labute approximate surface area is 116 Å². The minimum absolute atomic E-state index is 0. The largest absolute Gasteiger partial charge is 1.00 e. The Balaban J connectivity index is 0.000001000. The molecule has 1 atom stereocenters. The third-order valence-electron chi connectivity index (χ3n) is 1.21. The summed E-state index contributed by atoms with van der Waals surface area (Å²) in [6, 6.07) is 7.38. The average molecular weight is 210 g/mol. The molecule has 0 saturated carbocycles. The third kappa shape index (κ3) is 4.24. The maximum atomic E-state index is 10.7. The molecule has 0 spiro atoms. The van der Waals surface area contributed by atoms with Gasteiger partial charge in [-0.25, -0.2) is 0 Å². The van der Waals surface area contributed by atoms with Gasteiger partial charge < -0.3 is 4.55 Å². The molecule has 0 saturated heterocycles. The summed E-state index contributed by atoms with van der Waals surface area (Å²) in [5.74, 6) is 0. The van der Waals surface area contributed by atoms with E-state index in [0.29, 0.717) is 4.90 Å². The van der Waals surface area contributed by atoms with Gasteiger partial charge >= 0.3 is 51.4 Å². The van der Waals surface area contributed by atoms with Crippen molar-refractivity contribution in [1.82, 2.24) is 0 Å². The van der Waals surface area contributed by atoms with Crippen molar-refractivity contribution < 1.29 is 55.9 Å². The van der Waals surface area contributed by atoms with Gasteiger partial charge in [-0.1, -0.05) is 28.9 Å². The SMILES string of the molecule is Cc1ccc(S([O-])=S)cc1.[K+]. The van der Waals surface area contributed by atoms with Gasteiger partial charge in [0, 0.05) is 0 Å². The molecule has 0 aliphatic carbocycles. The van der Waals surface area contributed by atoms with Crippen LogP contribution in [0.4, 0.5) is 0 Å². The van der Waals surface area contributed by atoms with Crippen molar-refractivity contribution in [3.05, 3.63) is 29.8 Å². The molecule has 11 heavy (non-hydrogen) atoms. The average Bonchev–Trinajstić information content (AvgIpc) is 1.88. The van der Waals surface area contributed by atoms with E-state index in [4.69, 9.17) is 0 Å². The van der Waals surface area contributed by atoms with E-state index < -0.39 is 9.74 Å². The molecule has 0 N–H and O–H groups in total. The molecule has 1 rings (SSSR count). The van der Waals surface area contributed by atoms with Crippen LogP contribution in [0.5, 0.6) is 0 Å². The van der Waals surface area contributed by atoms with E-state index in [2.05, 4.69) is 11.2 Å². The number of hydrogen-bond donors (Lipinski definition) is 0. The summed E-state index contributed by atoms with van der Waals surface area (Å²) in [6.45, 7) is 1.98. The van der Waals surface area contributed by atoms with Crippen molar-refractivity contribution in [1.29, 1.82) is 0 Å². The molecule has 54 valence electrons. The maximum absolute atomic E-state index is 10.7. The molecule has 0 fully saturated rings. The van der Waals surface area contributed by atoms with Crippen LogP contribution in [-0.4, -0.2) is 4.55 Å². The molecule has 4 heteroatoms. The molecule has 1 nitrogen and oxygen atoms in total. The van der Waals surface area contributed by atoms with Gasteiger partial charge in [0.2, 0.25) is 0 Å². The summed E-state index contributed by atoms with van der Waals surface area (Å²) in [5.41, 5.74) is 1.16. The predicted molar refractivity (Wildman–Crippen MR) is 45.0 cm³/mol. The molecule has 0 heterocycles. The molecular weight excluding hydrogens is 203 g/mol. The van der Waals surface area contributed by atoms with Crippen LogP contribution in [0.25, 0.3) is 0 Å². The Bertz CT molecular complexity index is 245. The zero-order valence-electron chi connectivity index (χ0n) is 6.53. The minimum Gasteiger partial charge on any atom is -0.791 e. The molecular formula is C7H7KOS2. The van der Waals surface area contributed by atoms with Crippen LogP contribution in [-0.2, 0) is 20.9 Å². The van der Waals surface area contributed by atoms with Crippen LogP contribution in [0.2, 0.25) is 0 Å². The number of benzene rings is 1. The van der Waals surface area contributed by atoms with Crippen LogP contribution < -0.4 is 51.4 Å². The maximum Gasteiger partial charge on any atom is 1.00 e. The molecule has 1 aromatic carbocycles. The zero-order chi connectivity index (χ0) is 7.56. The second kappa shape index (κ2) is 5.93. The van der Waals surface area contributed by atoms with Gasteiger partial charge in [0.1, 0.15) is 0 Å². The fourth-order valence-electron chi connectivity index (χ4n) is 0.649. The van der Waals surface area contributed by atoms with Gasteiger partial charge in [-0.2, -0.15) is 9.74 Å². The number of hydrogen-bond acceptors (Lipinski definition) is 2. The van der Waals surface area contributed by atoms with E-state index in [9.17, 15) is 4.55 Å². The van der Waals surface area contributed by atoms with E-state index in [1.54, 1.807) is 12.1 Å². The Morgan fingerprint density at radius 2 is 1.73 bits per heavy atom. The van der Waals surface area contributed by atoms with Gasteiger partial charge in [-0.3, -0.25) is 0 Å². The molecule has 0 amide bonds. The van der Waals surface area contributed by atoms with Crippen molar-refractivity contribution in [3.63, 3.8) is 0 Å².